The minimum atomic E-state index is -0.168. The van der Waals surface area contributed by atoms with Crippen molar-refractivity contribution in [2.75, 3.05) is 0 Å². The first-order chi connectivity index (χ1) is 6.16. The van der Waals surface area contributed by atoms with Crippen LogP contribution in [-0.4, -0.2) is 16.9 Å². The van der Waals surface area contributed by atoms with Crippen LogP contribution in [0, 0.1) is 6.92 Å². The molecule has 4 nitrogen and oxygen atoms in total. The van der Waals surface area contributed by atoms with E-state index in [1.54, 1.807) is 6.92 Å². The molecule has 70 valence electrons. The third-order valence-corrected chi connectivity index (χ3v) is 2.93. The highest BCUT2D eigenvalue weighted by atomic mass is 32.1. The van der Waals surface area contributed by atoms with E-state index in [1.165, 1.54) is 0 Å². The van der Waals surface area contributed by atoms with Crippen molar-refractivity contribution in [3.63, 3.8) is 0 Å². The lowest BCUT2D eigenvalue weighted by molar-refractivity contribution is 0.0954. The second-order valence-electron chi connectivity index (χ2n) is 3.22. The maximum atomic E-state index is 11.5. The summed E-state index contributed by atoms with van der Waals surface area (Å²) in [5, 5.41) is 2.84. The lowest BCUT2D eigenvalue weighted by atomic mass is 10.4. The molecule has 1 saturated carbocycles. The molecule has 1 fully saturated rings. The Bertz CT molecular complexity index is 389. The van der Waals surface area contributed by atoms with Gasteiger partial charge in [0.05, 0.1) is 0 Å². The summed E-state index contributed by atoms with van der Waals surface area (Å²) in [6, 6.07) is 0.337. The maximum Gasteiger partial charge on any atom is 0.305 e. The average molecular weight is 198 g/mol. The number of amides is 1. The quantitative estimate of drug-likeness (QED) is 0.732. The number of thiazole rings is 1. The highest BCUT2D eigenvalue weighted by molar-refractivity contribution is 7.11. The predicted molar refractivity (Wildman–Crippen MR) is 50.2 cm³/mol. The van der Waals surface area contributed by atoms with Crippen LogP contribution in [0.5, 0.6) is 0 Å². The first kappa shape index (κ1) is 8.50. The zero-order chi connectivity index (χ0) is 9.42. The maximum absolute atomic E-state index is 11.5. The van der Waals surface area contributed by atoms with E-state index in [0.29, 0.717) is 16.6 Å². The van der Waals surface area contributed by atoms with Gasteiger partial charge in [0, 0.05) is 11.7 Å². The Hall–Kier alpha value is -1.10. The zero-order valence-corrected chi connectivity index (χ0v) is 8.03. The topological polar surface area (TPSA) is 62.0 Å². The normalized spacial score (nSPS) is 15.8. The number of carbonyl (C=O) groups excluding carboxylic acids is 1. The molecular weight excluding hydrogens is 188 g/mol. The number of hydrogen-bond donors (Lipinski definition) is 2. The molecule has 1 aliphatic carbocycles. The number of aryl methyl sites for hydroxylation is 1. The summed E-state index contributed by atoms with van der Waals surface area (Å²) < 4.78 is 0. The molecule has 0 unspecified atom stereocenters. The molecule has 1 aliphatic rings. The SMILES string of the molecule is Cc1[nH]c(=O)sc1C(=O)NC1CC1. The molecule has 0 radical (unpaired) electrons. The number of hydrogen-bond acceptors (Lipinski definition) is 3. The molecule has 13 heavy (non-hydrogen) atoms. The molecule has 0 saturated heterocycles. The third kappa shape index (κ3) is 1.80. The summed E-state index contributed by atoms with van der Waals surface area (Å²) >= 11 is 0.969. The van der Waals surface area contributed by atoms with Crippen molar-refractivity contribution in [2.24, 2.45) is 0 Å². The van der Waals surface area contributed by atoms with Crippen molar-refractivity contribution in [2.45, 2.75) is 25.8 Å². The summed E-state index contributed by atoms with van der Waals surface area (Å²) in [4.78, 5) is 25.3. The van der Waals surface area contributed by atoms with Crippen LogP contribution in [0.25, 0.3) is 0 Å². The van der Waals surface area contributed by atoms with Gasteiger partial charge in [-0.1, -0.05) is 11.3 Å². The molecule has 2 N–H and O–H groups in total. The van der Waals surface area contributed by atoms with E-state index in [0.717, 1.165) is 24.2 Å². The van der Waals surface area contributed by atoms with E-state index < -0.39 is 0 Å². The number of aromatic nitrogens is 1. The van der Waals surface area contributed by atoms with Crippen molar-refractivity contribution in [1.29, 1.82) is 0 Å². The molecule has 1 aromatic heterocycles. The first-order valence-electron chi connectivity index (χ1n) is 4.17. The highest BCUT2D eigenvalue weighted by Gasteiger charge is 2.25. The Morgan fingerprint density at radius 3 is 2.77 bits per heavy atom. The van der Waals surface area contributed by atoms with Crippen LogP contribution < -0.4 is 10.2 Å². The molecule has 1 aromatic rings. The fraction of sp³-hybridized carbons (Fsp3) is 0.500. The molecule has 0 atom stereocenters. The lowest BCUT2D eigenvalue weighted by Gasteiger charge is -1.99. The Morgan fingerprint density at radius 1 is 1.62 bits per heavy atom. The monoisotopic (exact) mass is 198 g/mol. The van der Waals surface area contributed by atoms with E-state index >= 15 is 0 Å². The van der Waals surface area contributed by atoms with Crippen molar-refractivity contribution in [3.05, 3.63) is 20.2 Å². The smallest absolute Gasteiger partial charge is 0.305 e. The molecule has 1 amide bonds. The first-order valence-corrected chi connectivity index (χ1v) is 4.99. The van der Waals surface area contributed by atoms with Gasteiger partial charge < -0.3 is 10.3 Å². The summed E-state index contributed by atoms with van der Waals surface area (Å²) in [6.07, 6.45) is 2.12. The summed E-state index contributed by atoms with van der Waals surface area (Å²) in [7, 11) is 0. The van der Waals surface area contributed by atoms with Gasteiger partial charge in [-0.15, -0.1) is 0 Å². The van der Waals surface area contributed by atoms with Crippen LogP contribution in [0.15, 0.2) is 4.79 Å². The Labute approximate surface area is 79.0 Å². The Morgan fingerprint density at radius 2 is 2.31 bits per heavy atom. The molecule has 1 heterocycles. The van der Waals surface area contributed by atoms with Gasteiger partial charge >= 0.3 is 4.87 Å². The van der Waals surface area contributed by atoms with Gasteiger partial charge in [0.25, 0.3) is 5.91 Å². The van der Waals surface area contributed by atoms with E-state index in [4.69, 9.17) is 0 Å². The molecular formula is C8H10N2O2S. The van der Waals surface area contributed by atoms with Crippen molar-refractivity contribution < 1.29 is 4.79 Å². The predicted octanol–water partition coefficient (Wildman–Crippen LogP) is 0.637. The van der Waals surface area contributed by atoms with Crippen LogP contribution >= 0.6 is 11.3 Å². The molecule has 0 spiro atoms. The van der Waals surface area contributed by atoms with E-state index in [1.807, 2.05) is 0 Å². The van der Waals surface area contributed by atoms with Gasteiger partial charge in [0.1, 0.15) is 4.88 Å². The summed E-state index contributed by atoms with van der Waals surface area (Å²) in [6.45, 7) is 1.74. The zero-order valence-electron chi connectivity index (χ0n) is 7.22. The van der Waals surface area contributed by atoms with Crippen molar-refractivity contribution in [3.8, 4) is 0 Å². The Balaban J connectivity index is 2.18. The van der Waals surface area contributed by atoms with Crippen LogP contribution in [0.3, 0.4) is 0 Å². The molecule has 0 bridgehead atoms. The second-order valence-corrected chi connectivity index (χ2v) is 4.20. The molecule has 0 aromatic carbocycles. The van der Waals surface area contributed by atoms with Crippen LogP contribution in [0.2, 0.25) is 0 Å². The van der Waals surface area contributed by atoms with Crippen LogP contribution in [0.1, 0.15) is 28.2 Å². The minimum absolute atomic E-state index is 0.122. The van der Waals surface area contributed by atoms with Crippen LogP contribution in [0.4, 0.5) is 0 Å². The number of H-pyrrole nitrogens is 1. The number of rotatable bonds is 2. The highest BCUT2D eigenvalue weighted by Crippen LogP contribution is 2.20. The van der Waals surface area contributed by atoms with Gasteiger partial charge in [-0.25, -0.2) is 0 Å². The largest absolute Gasteiger partial charge is 0.349 e. The fourth-order valence-corrected chi connectivity index (χ4v) is 1.85. The van der Waals surface area contributed by atoms with Gasteiger partial charge in [-0.05, 0) is 19.8 Å². The molecule has 0 aliphatic heterocycles. The van der Waals surface area contributed by atoms with Gasteiger partial charge in [0.15, 0.2) is 0 Å². The molecule has 5 heteroatoms. The standard InChI is InChI=1S/C8H10N2O2S/c1-4-6(13-8(12)9-4)7(11)10-5-2-3-5/h5H,2-3H2,1H3,(H,9,12)(H,10,11). The van der Waals surface area contributed by atoms with Gasteiger partial charge in [-0.2, -0.15) is 0 Å². The lowest BCUT2D eigenvalue weighted by Crippen LogP contribution is -2.25. The third-order valence-electron chi connectivity index (χ3n) is 1.94. The number of aromatic amines is 1. The number of carbonyl (C=O) groups is 1. The van der Waals surface area contributed by atoms with E-state index in [9.17, 15) is 9.59 Å². The van der Waals surface area contributed by atoms with E-state index in [2.05, 4.69) is 10.3 Å². The Kier molecular flexibility index (Phi) is 1.95. The molecule has 2 rings (SSSR count). The van der Waals surface area contributed by atoms with Crippen molar-refractivity contribution in [1.82, 2.24) is 10.3 Å². The average Bonchev–Trinajstić information content (AvgIpc) is 2.77. The second kappa shape index (κ2) is 2.99. The fourth-order valence-electron chi connectivity index (χ4n) is 1.10. The van der Waals surface area contributed by atoms with Crippen LogP contribution in [-0.2, 0) is 0 Å². The van der Waals surface area contributed by atoms with Crippen molar-refractivity contribution >= 4 is 17.2 Å². The summed E-state index contributed by atoms with van der Waals surface area (Å²) in [5.74, 6) is -0.122. The summed E-state index contributed by atoms with van der Waals surface area (Å²) in [5.41, 5.74) is 0.660. The number of nitrogens with one attached hydrogen (secondary N) is 2. The van der Waals surface area contributed by atoms with Gasteiger partial charge in [-0.3, -0.25) is 9.59 Å². The van der Waals surface area contributed by atoms with E-state index in [-0.39, 0.29) is 10.8 Å². The minimum Gasteiger partial charge on any atom is -0.349 e. The van der Waals surface area contributed by atoms with Gasteiger partial charge in [0.2, 0.25) is 0 Å².